The number of halogens is 6. The quantitative estimate of drug-likeness (QED) is 0.611. The number of rotatable bonds is 4. The van der Waals surface area contributed by atoms with Gasteiger partial charge in [-0.2, -0.15) is 26.3 Å². The van der Waals surface area contributed by atoms with Crippen molar-refractivity contribution in [2.45, 2.75) is 78.8 Å². The Morgan fingerprint density at radius 1 is 0.875 bits per heavy atom. The second-order valence-corrected chi connectivity index (χ2v) is 9.43. The molecule has 0 saturated heterocycles. The molecular formula is C17H28F6O. The monoisotopic (exact) mass is 362 g/mol. The van der Waals surface area contributed by atoms with Crippen LogP contribution in [0.5, 0.6) is 0 Å². The highest BCUT2D eigenvalue weighted by atomic mass is 19.4. The van der Waals surface area contributed by atoms with E-state index >= 15 is 0 Å². The molecule has 0 aliphatic heterocycles. The molecule has 24 heavy (non-hydrogen) atoms. The van der Waals surface area contributed by atoms with Crippen LogP contribution in [0.4, 0.5) is 26.3 Å². The molecule has 1 aliphatic rings. The van der Waals surface area contributed by atoms with Gasteiger partial charge in [-0.25, -0.2) is 0 Å². The van der Waals surface area contributed by atoms with Crippen molar-refractivity contribution in [1.29, 1.82) is 0 Å². The minimum atomic E-state index is -5.72. The highest BCUT2D eigenvalue weighted by molar-refractivity contribution is 5.09. The molecule has 144 valence electrons. The Morgan fingerprint density at radius 2 is 1.29 bits per heavy atom. The molecule has 1 aliphatic carbocycles. The van der Waals surface area contributed by atoms with Crippen molar-refractivity contribution in [3.05, 3.63) is 0 Å². The maximum absolute atomic E-state index is 12.9. The zero-order chi connectivity index (χ0) is 19.4. The van der Waals surface area contributed by atoms with Gasteiger partial charge in [0.15, 0.2) is 0 Å². The third-order valence-electron chi connectivity index (χ3n) is 4.99. The number of hydrogen-bond donors (Lipinski definition) is 1. The van der Waals surface area contributed by atoms with Gasteiger partial charge in [0, 0.05) is 5.92 Å². The maximum Gasteiger partial charge on any atom is 0.426 e. The van der Waals surface area contributed by atoms with Crippen LogP contribution < -0.4 is 0 Å². The third kappa shape index (κ3) is 4.58. The van der Waals surface area contributed by atoms with Crippen LogP contribution in [-0.4, -0.2) is 23.1 Å². The van der Waals surface area contributed by atoms with Crippen molar-refractivity contribution in [2.75, 3.05) is 0 Å². The largest absolute Gasteiger partial charge is 0.426 e. The van der Waals surface area contributed by atoms with E-state index in [1.54, 1.807) is 0 Å². The molecule has 1 saturated carbocycles. The molecule has 0 aromatic rings. The minimum Gasteiger partial charge on any atom is -0.373 e. The Hall–Kier alpha value is -0.460. The van der Waals surface area contributed by atoms with E-state index in [0.717, 1.165) is 0 Å². The molecule has 7 heteroatoms. The van der Waals surface area contributed by atoms with Crippen LogP contribution in [-0.2, 0) is 0 Å². The lowest BCUT2D eigenvalue weighted by molar-refractivity contribution is -0.376. The van der Waals surface area contributed by atoms with Gasteiger partial charge < -0.3 is 5.11 Å². The Labute approximate surface area is 139 Å². The zero-order valence-electron chi connectivity index (χ0n) is 15.1. The van der Waals surface area contributed by atoms with Crippen molar-refractivity contribution < 1.29 is 31.4 Å². The summed E-state index contributed by atoms with van der Waals surface area (Å²) in [6, 6.07) is 0. The van der Waals surface area contributed by atoms with Gasteiger partial charge >= 0.3 is 12.4 Å². The van der Waals surface area contributed by atoms with E-state index in [2.05, 4.69) is 0 Å². The highest BCUT2D eigenvalue weighted by Crippen LogP contribution is 2.61. The summed E-state index contributed by atoms with van der Waals surface area (Å²) in [6.07, 6.45) is -10.7. The summed E-state index contributed by atoms with van der Waals surface area (Å²) in [5, 5.41) is 9.49. The summed E-state index contributed by atoms with van der Waals surface area (Å²) in [4.78, 5) is 0. The summed E-state index contributed by atoms with van der Waals surface area (Å²) in [5.41, 5.74) is -4.91. The average molecular weight is 362 g/mol. The summed E-state index contributed by atoms with van der Waals surface area (Å²) in [6.45, 7) is 11.8. The fourth-order valence-electron chi connectivity index (χ4n) is 3.45. The molecule has 0 radical (unpaired) electrons. The number of aliphatic hydroxyl groups is 1. The van der Waals surface area contributed by atoms with Gasteiger partial charge in [0.05, 0.1) is 0 Å². The van der Waals surface area contributed by atoms with Crippen LogP contribution in [0, 0.1) is 28.6 Å². The van der Waals surface area contributed by atoms with E-state index in [0.29, 0.717) is 6.42 Å². The molecule has 3 atom stereocenters. The van der Waals surface area contributed by atoms with Crippen molar-refractivity contribution >= 4 is 0 Å². The van der Waals surface area contributed by atoms with E-state index in [9.17, 15) is 31.4 Å². The Morgan fingerprint density at radius 3 is 1.58 bits per heavy atom. The third-order valence-corrected chi connectivity index (χ3v) is 4.99. The van der Waals surface area contributed by atoms with Gasteiger partial charge in [-0.1, -0.05) is 41.5 Å². The molecule has 0 spiro atoms. The molecule has 0 aromatic heterocycles. The fraction of sp³-hybridized carbons (Fsp3) is 1.00. The van der Waals surface area contributed by atoms with Gasteiger partial charge in [0.2, 0.25) is 0 Å². The van der Waals surface area contributed by atoms with E-state index in [1.807, 2.05) is 41.5 Å². The van der Waals surface area contributed by atoms with Crippen LogP contribution in [0.2, 0.25) is 0 Å². The Bertz CT molecular complexity index is 424. The van der Waals surface area contributed by atoms with Crippen LogP contribution in [0.25, 0.3) is 0 Å². The minimum absolute atomic E-state index is 0.0155. The molecule has 0 aromatic carbocycles. The molecule has 0 amide bonds. The van der Waals surface area contributed by atoms with E-state index in [-0.39, 0.29) is 29.6 Å². The summed E-state index contributed by atoms with van der Waals surface area (Å²) < 4.78 is 77.6. The average Bonchev–Trinajstić information content (AvgIpc) is 3.00. The molecule has 0 bridgehead atoms. The van der Waals surface area contributed by atoms with Crippen LogP contribution in [0.3, 0.4) is 0 Å². The Kier molecular flexibility index (Phi) is 5.45. The lowest BCUT2D eigenvalue weighted by atomic mass is 9.69. The molecule has 1 rings (SSSR count). The standard InChI is InChI=1S/C17H28F6O/c1-13(2,3)9-11(14(4,5)6)7-10-8-12(10)15(24,16(18,19)20)17(21,22)23/h10-12,24H,7-9H2,1-6H3. The Balaban J connectivity index is 2.96. The van der Waals surface area contributed by atoms with E-state index in [1.165, 1.54) is 0 Å². The first-order chi connectivity index (χ1) is 10.3. The zero-order valence-corrected chi connectivity index (χ0v) is 15.1. The molecule has 1 nitrogen and oxygen atoms in total. The summed E-state index contributed by atoms with van der Waals surface area (Å²) in [7, 11) is 0. The fourth-order valence-corrected chi connectivity index (χ4v) is 3.45. The van der Waals surface area contributed by atoms with Gasteiger partial charge in [-0.15, -0.1) is 0 Å². The molecular weight excluding hydrogens is 334 g/mol. The molecule has 0 heterocycles. The predicted molar refractivity (Wildman–Crippen MR) is 80.3 cm³/mol. The van der Waals surface area contributed by atoms with Crippen molar-refractivity contribution in [1.82, 2.24) is 0 Å². The van der Waals surface area contributed by atoms with Gasteiger partial charge in [0.1, 0.15) is 0 Å². The maximum atomic E-state index is 12.9. The topological polar surface area (TPSA) is 20.2 Å². The summed E-state index contributed by atoms with van der Waals surface area (Å²) >= 11 is 0. The van der Waals surface area contributed by atoms with Crippen LogP contribution in [0.15, 0.2) is 0 Å². The first kappa shape index (κ1) is 21.6. The van der Waals surface area contributed by atoms with Crippen LogP contribution in [0.1, 0.15) is 60.8 Å². The predicted octanol–water partition coefficient (Wildman–Crippen LogP) is 5.97. The second kappa shape index (κ2) is 6.06. The number of alkyl halides is 6. The van der Waals surface area contributed by atoms with Gasteiger partial charge in [-0.05, 0) is 41.9 Å². The van der Waals surface area contributed by atoms with Crippen molar-refractivity contribution in [2.24, 2.45) is 28.6 Å². The van der Waals surface area contributed by atoms with Gasteiger partial charge in [-0.3, -0.25) is 0 Å². The first-order valence-corrected chi connectivity index (χ1v) is 8.16. The molecule has 1 N–H and O–H groups in total. The summed E-state index contributed by atoms with van der Waals surface area (Å²) in [5.74, 6) is -2.58. The first-order valence-electron chi connectivity index (χ1n) is 8.16. The SMILES string of the molecule is CC(C)(C)CC(CC1CC1C(O)(C(F)(F)F)C(F)(F)F)C(C)(C)C. The normalized spacial score (nSPS) is 24.9. The second-order valence-electron chi connectivity index (χ2n) is 9.43. The highest BCUT2D eigenvalue weighted by Gasteiger charge is 2.78. The lowest BCUT2D eigenvalue weighted by Crippen LogP contribution is -2.59. The smallest absolute Gasteiger partial charge is 0.373 e. The molecule has 3 unspecified atom stereocenters. The number of hydrogen-bond acceptors (Lipinski definition) is 1. The van der Waals surface area contributed by atoms with E-state index in [4.69, 9.17) is 0 Å². The van der Waals surface area contributed by atoms with Crippen LogP contribution >= 0.6 is 0 Å². The lowest BCUT2D eigenvalue weighted by Gasteiger charge is -2.37. The van der Waals surface area contributed by atoms with Crippen molar-refractivity contribution in [3.63, 3.8) is 0 Å². The van der Waals surface area contributed by atoms with Crippen molar-refractivity contribution in [3.8, 4) is 0 Å². The van der Waals surface area contributed by atoms with Gasteiger partial charge in [0.25, 0.3) is 5.60 Å². The van der Waals surface area contributed by atoms with E-state index < -0.39 is 29.8 Å². The molecule has 1 fully saturated rings.